The molecule has 0 amide bonds. The lowest BCUT2D eigenvalue weighted by atomic mass is 9.86. The highest BCUT2D eigenvalue weighted by Gasteiger charge is 2.16. The summed E-state index contributed by atoms with van der Waals surface area (Å²) in [5, 5.41) is 0.868. The van der Waals surface area contributed by atoms with Gasteiger partial charge in [-0.15, -0.1) is 0 Å². The molecule has 3 nitrogen and oxygen atoms in total. The summed E-state index contributed by atoms with van der Waals surface area (Å²) in [6.07, 6.45) is 3.65. The molecule has 1 aliphatic heterocycles. The number of hydrogen-bond donors (Lipinski definition) is 0. The van der Waals surface area contributed by atoms with E-state index >= 15 is 0 Å². The first kappa shape index (κ1) is 16.2. The Labute approximate surface area is 142 Å². The fraction of sp³-hybridized carbons (Fsp3) is 0.474. The van der Waals surface area contributed by atoms with Gasteiger partial charge in [0.15, 0.2) is 5.13 Å². The molecule has 0 atom stereocenters. The Bertz CT molecular complexity index is 722. The largest absolute Gasteiger partial charge is 0.348 e. The van der Waals surface area contributed by atoms with Gasteiger partial charge in [-0.05, 0) is 35.8 Å². The van der Waals surface area contributed by atoms with Crippen LogP contribution in [0, 0.1) is 0 Å². The van der Waals surface area contributed by atoms with Gasteiger partial charge in [0.05, 0.1) is 0 Å². The van der Waals surface area contributed by atoms with Crippen LogP contribution in [0.15, 0.2) is 35.1 Å². The Hall–Kier alpha value is -1.68. The SMILES string of the molecule is CC(C)(C)c1ccc(-c2cc(=O)nc(N3CCCCC3)s2)cc1. The first-order valence-corrected chi connectivity index (χ1v) is 9.13. The van der Waals surface area contributed by atoms with Crippen LogP contribution in [0.3, 0.4) is 0 Å². The van der Waals surface area contributed by atoms with Gasteiger partial charge in [0.1, 0.15) is 0 Å². The van der Waals surface area contributed by atoms with Crippen LogP contribution in [-0.4, -0.2) is 18.1 Å². The molecule has 122 valence electrons. The van der Waals surface area contributed by atoms with Gasteiger partial charge in [-0.2, -0.15) is 4.98 Å². The highest BCUT2D eigenvalue weighted by molar-refractivity contribution is 7.18. The summed E-state index contributed by atoms with van der Waals surface area (Å²) in [6.45, 7) is 8.65. The smallest absolute Gasteiger partial charge is 0.273 e. The van der Waals surface area contributed by atoms with Gasteiger partial charge in [-0.3, -0.25) is 4.79 Å². The van der Waals surface area contributed by atoms with E-state index in [1.165, 1.54) is 24.8 Å². The van der Waals surface area contributed by atoms with Crippen molar-refractivity contribution in [3.8, 4) is 10.4 Å². The van der Waals surface area contributed by atoms with Crippen molar-refractivity contribution in [3.63, 3.8) is 0 Å². The summed E-state index contributed by atoms with van der Waals surface area (Å²) >= 11 is 1.62. The second-order valence-corrected chi connectivity index (χ2v) is 8.23. The molecule has 1 fully saturated rings. The van der Waals surface area contributed by atoms with Crippen LogP contribution in [0.25, 0.3) is 10.4 Å². The molecular formula is C19H24N2OS. The lowest BCUT2D eigenvalue weighted by molar-refractivity contribution is 0.576. The number of benzene rings is 1. The normalized spacial score (nSPS) is 15.7. The van der Waals surface area contributed by atoms with Crippen molar-refractivity contribution < 1.29 is 0 Å². The van der Waals surface area contributed by atoms with E-state index < -0.39 is 0 Å². The molecule has 0 bridgehead atoms. The predicted molar refractivity (Wildman–Crippen MR) is 98.6 cm³/mol. The van der Waals surface area contributed by atoms with Gasteiger partial charge in [0.2, 0.25) is 0 Å². The second-order valence-electron chi connectivity index (χ2n) is 7.22. The number of anilines is 1. The van der Waals surface area contributed by atoms with E-state index in [2.05, 4.69) is 54.9 Å². The van der Waals surface area contributed by atoms with E-state index in [-0.39, 0.29) is 11.0 Å². The molecule has 2 heterocycles. The highest BCUT2D eigenvalue weighted by atomic mass is 32.1. The van der Waals surface area contributed by atoms with Crippen molar-refractivity contribution >= 4 is 16.5 Å². The van der Waals surface area contributed by atoms with Crippen LogP contribution in [0.1, 0.15) is 45.6 Å². The van der Waals surface area contributed by atoms with E-state index in [0.29, 0.717) is 0 Å². The minimum Gasteiger partial charge on any atom is -0.348 e. The van der Waals surface area contributed by atoms with Gasteiger partial charge in [-0.1, -0.05) is 56.4 Å². The summed E-state index contributed by atoms with van der Waals surface area (Å²) < 4.78 is 0. The number of piperidine rings is 1. The molecule has 0 spiro atoms. The zero-order valence-electron chi connectivity index (χ0n) is 14.1. The van der Waals surface area contributed by atoms with E-state index in [1.807, 2.05) is 0 Å². The lowest BCUT2D eigenvalue weighted by Crippen LogP contribution is -2.30. The molecule has 0 radical (unpaired) electrons. The summed E-state index contributed by atoms with van der Waals surface area (Å²) in [6, 6.07) is 10.2. The lowest BCUT2D eigenvalue weighted by Gasteiger charge is -2.27. The monoisotopic (exact) mass is 328 g/mol. The van der Waals surface area contributed by atoms with E-state index in [4.69, 9.17) is 0 Å². The van der Waals surface area contributed by atoms with Gasteiger partial charge in [-0.25, -0.2) is 0 Å². The van der Waals surface area contributed by atoms with Crippen LogP contribution in [0.5, 0.6) is 0 Å². The average molecular weight is 328 g/mol. The molecule has 1 saturated heterocycles. The van der Waals surface area contributed by atoms with Crippen molar-refractivity contribution in [1.82, 2.24) is 4.98 Å². The Morgan fingerprint density at radius 2 is 1.70 bits per heavy atom. The first-order chi connectivity index (χ1) is 10.9. The predicted octanol–water partition coefficient (Wildman–Crippen LogP) is 4.46. The maximum atomic E-state index is 12.0. The number of hydrogen-bond acceptors (Lipinski definition) is 4. The summed E-state index contributed by atoms with van der Waals surface area (Å²) in [4.78, 5) is 19.5. The average Bonchev–Trinajstić information content (AvgIpc) is 2.54. The fourth-order valence-electron chi connectivity index (χ4n) is 2.89. The third-order valence-corrected chi connectivity index (χ3v) is 5.43. The molecule has 4 heteroatoms. The third kappa shape index (κ3) is 3.81. The Balaban J connectivity index is 1.93. The van der Waals surface area contributed by atoms with Gasteiger partial charge in [0, 0.05) is 24.0 Å². The number of rotatable bonds is 2. The van der Waals surface area contributed by atoms with Crippen molar-refractivity contribution in [1.29, 1.82) is 0 Å². The van der Waals surface area contributed by atoms with Gasteiger partial charge < -0.3 is 4.90 Å². The van der Waals surface area contributed by atoms with E-state index in [0.717, 1.165) is 28.7 Å². The maximum Gasteiger partial charge on any atom is 0.273 e. The van der Waals surface area contributed by atoms with Crippen molar-refractivity contribution in [2.75, 3.05) is 18.0 Å². The first-order valence-electron chi connectivity index (χ1n) is 8.31. The van der Waals surface area contributed by atoms with Crippen LogP contribution in [0.4, 0.5) is 5.13 Å². The topological polar surface area (TPSA) is 33.2 Å². The minimum atomic E-state index is -0.140. The van der Waals surface area contributed by atoms with Crippen LogP contribution in [-0.2, 0) is 5.41 Å². The van der Waals surface area contributed by atoms with Crippen molar-refractivity contribution in [2.24, 2.45) is 0 Å². The third-order valence-electron chi connectivity index (χ3n) is 4.32. The van der Waals surface area contributed by atoms with Crippen molar-refractivity contribution in [3.05, 3.63) is 46.2 Å². The van der Waals surface area contributed by atoms with Crippen LogP contribution in [0.2, 0.25) is 0 Å². The standard InChI is InChI=1S/C19H24N2OS/c1-19(2,3)15-9-7-14(8-10-15)16-13-17(22)20-18(23-16)21-11-5-4-6-12-21/h7-10,13H,4-6,11-12H2,1-3H3. The molecule has 3 rings (SSSR count). The Morgan fingerprint density at radius 3 is 2.30 bits per heavy atom. The molecule has 23 heavy (non-hydrogen) atoms. The summed E-state index contributed by atoms with van der Waals surface area (Å²) in [5.74, 6) is 0. The minimum absolute atomic E-state index is 0.140. The van der Waals surface area contributed by atoms with Crippen LogP contribution < -0.4 is 10.5 Å². The van der Waals surface area contributed by atoms with Crippen LogP contribution >= 0.6 is 11.3 Å². The maximum absolute atomic E-state index is 12.0. The van der Waals surface area contributed by atoms with E-state index in [9.17, 15) is 4.79 Å². The summed E-state index contributed by atoms with van der Waals surface area (Å²) in [7, 11) is 0. The molecule has 0 unspecified atom stereocenters. The fourth-order valence-corrected chi connectivity index (χ4v) is 3.94. The number of nitrogens with zero attached hydrogens (tertiary/aromatic N) is 2. The molecule has 1 aromatic carbocycles. The molecule has 1 aromatic heterocycles. The Kier molecular flexibility index (Phi) is 4.53. The number of aromatic nitrogens is 1. The molecular weight excluding hydrogens is 304 g/mol. The van der Waals surface area contributed by atoms with Gasteiger partial charge in [0.25, 0.3) is 5.56 Å². The van der Waals surface area contributed by atoms with E-state index in [1.54, 1.807) is 17.4 Å². The molecule has 0 aliphatic carbocycles. The molecule has 1 aliphatic rings. The zero-order chi connectivity index (χ0) is 16.4. The molecule has 0 saturated carbocycles. The van der Waals surface area contributed by atoms with Gasteiger partial charge >= 0.3 is 0 Å². The molecule has 0 N–H and O–H groups in total. The van der Waals surface area contributed by atoms with Crippen molar-refractivity contribution in [2.45, 2.75) is 45.4 Å². The second kappa shape index (κ2) is 6.44. The highest BCUT2D eigenvalue weighted by Crippen LogP contribution is 2.31. The molecule has 2 aromatic rings. The quantitative estimate of drug-likeness (QED) is 0.816. The Morgan fingerprint density at radius 1 is 1.04 bits per heavy atom. The summed E-state index contributed by atoms with van der Waals surface area (Å²) in [5.41, 5.74) is 2.40. The zero-order valence-corrected chi connectivity index (χ0v) is 14.9.